The zero-order chi connectivity index (χ0) is 19.2. The number of aromatic nitrogens is 1. The van der Waals surface area contributed by atoms with Crippen LogP contribution < -0.4 is 10.2 Å². The van der Waals surface area contributed by atoms with Crippen molar-refractivity contribution in [2.75, 3.05) is 17.3 Å². The largest absolute Gasteiger partial charge is 0.393 e. The summed E-state index contributed by atoms with van der Waals surface area (Å²) in [6, 6.07) is 7.89. The summed E-state index contributed by atoms with van der Waals surface area (Å²) in [7, 11) is -2.31. The Morgan fingerprint density at radius 1 is 1.15 bits per heavy atom. The van der Waals surface area contributed by atoms with Gasteiger partial charge in [-0.05, 0) is 37.8 Å². The Bertz CT molecular complexity index is 998. The van der Waals surface area contributed by atoms with E-state index in [1.807, 2.05) is 0 Å². The topological polar surface area (TPSA) is 99.6 Å². The lowest BCUT2D eigenvalue weighted by Crippen LogP contribution is -2.29. The minimum absolute atomic E-state index is 0.0125. The summed E-state index contributed by atoms with van der Waals surface area (Å²) < 4.78 is 26.5. The average Bonchev–Trinajstić information content (AvgIpc) is 2.73. The summed E-state index contributed by atoms with van der Waals surface area (Å²) in [5, 5.41) is 12.9. The van der Waals surface area contributed by atoms with Crippen molar-refractivity contribution in [2.45, 2.75) is 47.6 Å². The maximum atomic E-state index is 13.2. The first-order valence-electron chi connectivity index (χ1n) is 8.95. The number of aliphatic hydroxyl groups excluding tert-OH is 1. The van der Waals surface area contributed by atoms with Crippen LogP contribution in [0.2, 0.25) is 0 Å². The van der Waals surface area contributed by atoms with Gasteiger partial charge in [0.05, 0.1) is 28.4 Å². The molecule has 8 heteroatoms. The predicted octanol–water partition coefficient (Wildman–Crippen LogP) is 2.22. The van der Waals surface area contributed by atoms with E-state index >= 15 is 0 Å². The van der Waals surface area contributed by atoms with Gasteiger partial charge in [-0.25, -0.2) is 13.4 Å². The minimum atomic E-state index is -3.86. The minimum Gasteiger partial charge on any atom is -0.393 e. The van der Waals surface area contributed by atoms with Crippen LogP contribution in [0.25, 0.3) is 0 Å². The Kier molecular flexibility index (Phi) is 4.39. The summed E-state index contributed by atoms with van der Waals surface area (Å²) in [5.74, 6) is 0.0793. The standard InChI is InChI=1S/C19H21N3O4S/c1-22-15-11-20-18(21-12-6-8-13(23)9-7-12)10-17(15)27(25,26)16-5-3-2-4-14(16)19(22)24/h2-5,10-13,23H,6-9H2,1H3,(H,20,21). The molecule has 1 amide bonds. The molecule has 4 rings (SSSR count). The number of carbonyl (C=O) groups excluding carboxylic acids is 1. The van der Waals surface area contributed by atoms with Crippen LogP contribution in [0.1, 0.15) is 36.0 Å². The molecule has 0 radical (unpaired) electrons. The zero-order valence-corrected chi connectivity index (χ0v) is 15.7. The Labute approximate surface area is 158 Å². The van der Waals surface area contributed by atoms with Gasteiger partial charge in [0.2, 0.25) is 9.84 Å². The van der Waals surface area contributed by atoms with Crippen molar-refractivity contribution in [3.05, 3.63) is 42.1 Å². The number of fused-ring (bicyclic) bond motifs is 2. The number of aliphatic hydroxyl groups is 1. The van der Waals surface area contributed by atoms with Crippen molar-refractivity contribution in [1.82, 2.24) is 4.98 Å². The van der Waals surface area contributed by atoms with Gasteiger partial charge in [-0.1, -0.05) is 12.1 Å². The smallest absolute Gasteiger partial charge is 0.259 e. The molecular weight excluding hydrogens is 366 g/mol. The van der Waals surface area contributed by atoms with Crippen molar-refractivity contribution >= 4 is 27.2 Å². The van der Waals surface area contributed by atoms with Crippen LogP contribution in [0.3, 0.4) is 0 Å². The van der Waals surface area contributed by atoms with E-state index in [9.17, 15) is 18.3 Å². The molecule has 0 bridgehead atoms. The van der Waals surface area contributed by atoms with Gasteiger partial charge in [0.25, 0.3) is 5.91 Å². The molecule has 1 aliphatic heterocycles. The fraction of sp³-hybridized carbons (Fsp3) is 0.368. The highest BCUT2D eigenvalue weighted by Gasteiger charge is 2.34. The van der Waals surface area contributed by atoms with Crippen molar-refractivity contribution in [3.63, 3.8) is 0 Å². The molecule has 1 aromatic heterocycles. The maximum Gasteiger partial charge on any atom is 0.259 e. The highest BCUT2D eigenvalue weighted by molar-refractivity contribution is 7.91. The van der Waals surface area contributed by atoms with Crippen LogP contribution in [-0.4, -0.2) is 43.6 Å². The van der Waals surface area contributed by atoms with Gasteiger partial charge >= 0.3 is 0 Å². The van der Waals surface area contributed by atoms with Crippen LogP contribution in [0.15, 0.2) is 46.3 Å². The number of hydrogen-bond acceptors (Lipinski definition) is 6. The first-order valence-corrected chi connectivity index (χ1v) is 10.4. The molecule has 2 N–H and O–H groups in total. The van der Waals surface area contributed by atoms with E-state index in [0.29, 0.717) is 18.7 Å². The van der Waals surface area contributed by atoms with E-state index < -0.39 is 9.84 Å². The fourth-order valence-electron chi connectivity index (χ4n) is 3.69. The molecule has 1 aromatic carbocycles. The molecule has 0 saturated heterocycles. The van der Waals surface area contributed by atoms with E-state index in [2.05, 4.69) is 10.3 Å². The molecule has 7 nitrogen and oxygen atoms in total. The van der Waals surface area contributed by atoms with Gasteiger partial charge < -0.3 is 15.3 Å². The molecule has 1 saturated carbocycles. The van der Waals surface area contributed by atoms with Crippen LogP contribution in [0.5, 0.6) is 0 Å². The van der Waals surface area contributed by atoms with Crippen molar-refractivity contribution < 1.29 is 18.3 Å². The number of rotatable bonds is 2. The van der Waals surface area contributed by atoms with E-state index in [-0.39, 0.29) is 39.1 Å². The predicted molar refractivity (Wildman–Crippen MR) is 101 cm³/mol. The molecule has 27 heavy (non-hydrogen) atoms. The molecule has 0 spiro atoms. The number of amides is 1. The molecule has 1 aliphatic carbocycles. The molecule has 0 unspecified atom stereocenters. The third kappa shape index (κ3) is 3.08. The third-order valence-electron chi connectivity index (χ3n) is 5.26. The summed E-state index contributed by atoms with van der Waals surface area (Å²) in [5.41, 5.74) is 0.424. The van der Waals surface area contributed by atoms with Gasteiger partial charge in [0.15, 0.2) is 0 Å². The van der Waals surface area contributed by atoms with Gasteiger partial charge in [0.1, 0.15) is 10.7 Å². The Balaban J connectivity index is 1.76. The molecule has 2 heterocycles. The quantitative estimate of drug-likeness (QED) is 0.820. The van der Waals surface area contributed by atoms with Gasteiger partial charge in [-0.3, -0.25) is 4.79 Å². The van der Waals surface area contributed by atoms with E-state index in [1.165, 1.54) is 29.3 Å². The number of anilines is 2. The number of pyridine rings is 1. The monoisotopic (exact) mass is 387 g/mol. The first kappa shape index (κ1) is 17.9. The lowest BCUT2D eigenvalue weighted by molar-refractivity contribution is 0.0990. The molecule has 1 fully saturated rings. The maximum absolute atomic E-state index is 13.2. The van der Waals surface area contributed by atoms with E-state index in [1.54, 1.807) is 19.2 Å². The Morgan fingerprint density at radius 2 is 1.85 bits per heavy atom. The van der Waals surface area contributed by atoms with Gasteiger partial charge in [-0.2, -0.15) is 0 Å². The average molecular weight is 387 g/mol. The normalized spacial score (nSPS) is 23.9. The fourth-order valence-corrected chi connectivity index (χ4v) is 5.36. The highest BCUT2D eigenvalue weighted by atomic mass is 32.2. The van der Waals surface area contributed by atoms with Crippen LogP contribution >= 0.6 is 0 Å². The highest BCUT2D eigenvalue weighted by Crippen LogP contribution is 2.37. The van der Waals surface area contributed by atoms with Crippen molar-refractivity contribution in [3.8, 4) is 0 Å². The van der Waals surface area contributed by atoms with Crippen LogP contribution in [0, 0.1) is 0 Å². The van der Waals surface area contributed by atoms with Gasteiger partial charge in [0, 0.05) is 19.2 Å². The van der Waals surface area contributed by atoms with Crippen molar-refractivity contribution in [2.24, 2.45) is 0 Å². The zero-order valence-electron chi connectivity index (χ0n) is 14.9. The summed E-state index contributed by atoms with van der Waals surface area (Å²) in [6.07, 6.45) is 4.19. The van der Waals surface area contributed by atoms with Crippen molar-refractivity contribution in [1.29, 1.82) is 0 Å². The third-order valence-corrected chi connectivity index (χ3v) is 7.10. The first-order chi connectivity index (χ1) is 12.9. The lowest BCUT2D eigenvalue weighted by atomic mass is 9.93. The van der Waals surface area contributed by atoms with E-state index in [4.69, 9.17) is 0 Å². The molecule has 2 aliphatic rings. The second-order valence-corrected chi connectivity index (χ2v) is 8.94. The second-order valence-electron chi connectivity index (χ2n) is 7.05. The number of hydrogen-bond donors (Lipinski definition) is 2. The van der Waals surface area contributed by atoms with E-state index in [0.717, 1.165) is 12.8 Å². The summed E-state index contributed by atoms with van der Waals surface area (Å²) in [6.45, 7) is 0. The number of carbonyl (C=O) groups is 1. The second kappa shape index (κ2) is 6.61. The number of sulfone groups is 1. The number of benzene rings is 1. The lowest BCUT2D eigenvalue weighted by Gasteiger charge is -2.27. The SMILES string of the molecule is CN1C(=O)c2ccccc2S(=O)(=O)c2cc(NC3CCC(O)CC3)ncc21. The Hall–Kier alpha value is -2.45. The van der Waals surface area contributed by atoms with Crippen LogP contribution in [0.4, 0.5) is 11.5 Å². The number of nitrogens with zero attached hydrogens (tertiary/aromatic N) is 2. The molecule has 2 aromatic rings. The number of nitrogens with one attached hydrogen (secondary N) is 1. The molecular formula is C19H21N3O4S. The van der Waals surface area contributed by atoms with Gasteiger partial charge in [-0.15, -0.1) is 0 Å². The van der Waals surface area contributed by atoms with Crippen LogP contribution in [-0.2, 0) is 9.84 Å². The Morgan fingerprint density at radius 3 is 2.59 bits per heavy atom. The molecule has 142 valence electrons. The molecule has 0 atom stereocenters. The summed E-state index contributed by atoms with van der Waals surface area (Å²) in [4.78, 5) is 18.4. The summed E-state index contributed by atoms with van der Waals surface area (Å²) >= 11 is 0.